The Bertz CT molecular complexity index is 36.7. The molecule has 0 aliphatic carbocycles. The smallest absolute Gasteiger partial charge is 0.0967 e. The van der Waals surface area contributed by atoms with Gasteiger partial charge in [0.15, 0.2) is 0 Å². The van der Waals surface area contributed by atoms with Gasteiger partial charge in [0.2, 0.25) is 0 Å². The van der Waals surface area contributed by atoms with Crippen LogP contribution < -0.4 is 0 Å². The summed E-state index contributed by atoms with van der Waals surface area (Å²) in [6.45, 7) is 1.56. The first-order valence-corrected chi connectivity index (χ1v) is 3.85. The van der Waals surface area contributed by atoms with Gasteiger partial charge in [0.05, 0.1) is 18.6 Å². The largest absolute Gasteiger partial charge is 0.237 e. The minimum atomic E-state index is 0.194. The predicted octanol–water partition coefficient (Wildman–Crippen LogP) is 2.15. The molecule has 1 heterocycles. The van der Waals surface area contributed by atoms with Crippen LogP contribution in [0.25, 0.3) is 0 Å². The van der Waals surface area contributed by atoms with Crippen molar-refractivity contribution >= 4 is 23.2 Å². The van der Waals surface area contributed by atoms with Crippen LogP contribution in [0.3, 0.4) is 0 Å². The summed E-state index contributed by atoms with van der Waals surface area (Å²) in [5.74, 6) is 0. The summed E-state index contributed by atoms with van der Waals surface area (Å²) in [5, 5.41) is 0.194. The zero-order valence-electron chi connectivity index (χ0n) is 5.11. The number of halogens is 2. The first kappa shape index (κ1) is 9.50. The molecule has 1 fully saturated rings. The molecule has 56 valence electrons. The van der Waals surface area contributed by atoms with E-state index in [9.17, 15) is 0 Å². The lowest BCUT2D eigenvalue weighted by atomic mass is 10.3. The molecule has 0 unspecified atom stereocenters. The topological polar surface area (TPSA) is 18.5 Å². The van der Waals surface area contributed by atoms with Crippen molar-refractivity contribution < 1.29 is 9.78 Å². The minimum Gasteiger partial charge on any atom is -0.237 e. The quantitative estimate of drug-likeness (QED) is 0.412. The predicted molar refractivity (Wildman–Crippen MR) is 37.7 cm³/mol. The Labute approximate surface area is 65.0 Å². The molecule has 4 heteroatoms. The maximum absolute atomic E-state index is 4.76. The average molecular weight is 173 g/mol. The first-order chi connectivity index (χ1) is 4.41. The van der Waals surface area contributed by atoms with Gasteiger partial charge in [0.25, 0.3) is 0 Å². The van der Waals surface area contributed by atoms with Crippen LogP contribution in [0.1, 0.15) is 12.8 Å². The fourth-order valence-electron chi connectivity index (χ4n) is 0.440. The van der Waals surface area contributed by atoms with Gasteiger partial charge in [0.1, 0.15) is 0 Å². The zero-order chi connectivity index (χ0) is 6.95. The van der Waals surface area contributed by atoms with Crippen molar-refractivity contribution in [1.29, 1.82) is 0 Å². The van der Waals surface area contributed by atoms with Gasteiger partial charge in [-0.05, 0) is 12.8 Å². The van der Waals surface area contributed by atoms with Crippen LogP contribution >= 0.6 is 23.2 Å². The van der Waals surface area contributed by atoms with Gasteiger partial charge in [-0.15, -0.1) is 23.2 Å². The third-order valence-electron chi connectivity index (χ3n) is 0.789. The highest BCUT2D eigenvalue weighted by atomic mass is 35.5. The van der Waals surface area contributed by atoms with Crippen LogP contribution in [0.2, 0.25) is 0 Å². The van der Waals surface area contributed by atoms with Gasteiger partial charge < -0.3 is 0 Å². The number of hydrogen-bond donors (Lipinski definition) is 0. The minimum absolute atomic E-state index is 0.194. The van der Waals surface area contributed by atoms with Crippen LogP contribution in [0.15, 0.2) is 0 Å². The molecule has 0 aromatic rings. The number of rotatable bonds is 0. The monoisotopic (exact) mass is 172 g/mol. The molecule has 1 aliphatic rings. The van der Waals surface area contributed by atoms with Crippen LogP contribution in [-0.2, 0) is 9.78 Å². The van der Waals surface area contributed by atoms with E-state index in [1.807, 2.05) is 0 Å². The van der Waals surface area contributed by atoms with Crippen LogP contribution in [0.4, 0.5) is 0 Å². The van der Waals surface area contributed by atoms with E-state index in [0.717, 1.165) is 26.1 Å². The van der Waals surface area contributed by atoms with Gasteiger partial charge in [-0.25, -0.2) is 9.78 Å². The fourth-order valence-corrected chi connectivity index (χ4v) is 0.440. The second-order valence-corrected chi connectivity index (χ2v) is 2.26. The van der Waals surface area contributed by atoms with Crippen molar-refractivity contribution in [3.63, 3.8) is 0 Å². The second-order valence-electron chi connectivity index (χ2n) is 1.45. The van der Waals surface area contributed by atoms with E-state index in [-0.39, 0.29) is 5.34 Å². The molecule has 0 spiro atoms. The van der Waals surface area contributed by atoms with E-state index in [1.165, 1.54) is 0 Å². The molecule has 9 heavy (non-hydrogen) atoms. The van der Waals surface area contributed by atoms with Crippen molar-refractivity contribution in [3.05, 3.63) is 0 Å². The first-order valence-electron chi connectivity index (χ1n) is 2.78. The molecule has 0 bridgehead atoms. The lowest BCUT2D eigenvalue weighted by Crippen LogP contribution is -2.05. The molecule has 0 amide bonds. The number of alkyl halides is 2. The Balaban J connectivity index is 0.000000187. The molecule has 0 atom stereocenters. The molecule has 0 N–H and O–H groups in total. The van der Waals surface area contributed by atoms with Gasteiger partial charge in [-0.1, -0.05) is 0 Å². The summed E-state index contributed by atoms with van der Waals surface area (Å²) in [5.41, 5.74) is 0. The molecule has 0 aromatic carbocycles. The van der Waals surface area contributed by atoms with Crippen LogP contribution in [-0.4, -0.2) is 18.6 Å². The Hall–Kier alpha value is 0.500. The van der Waals surface area contributed by atoms with Crippen molar-refractivity contribution in [3.8, 4) is 0 Å². The molecule has 0 aromatic heterocycles. The zero-order valence-corrected chi connectivity index (χ0v) is 6.62. The highest BCUT2D eigenvalue weighted by Crippen LogP contribution is 1.97. The molecule has 1 aliphatic heterocycles. The highest BCUT2D eigenvalue weighted by Gasteiger charge is 1.95. The standard InChI is InChI=1S/C4H8O2.CH2Cl2/c1-2-4-6-5-3-1;2-1-3/h1-4H2;1H2. The van der Waals surface area contributed by atoms with Crippen molar-refractivity contribution in [2.45, 2.75) is 12.8 Å². The summed E-state index contributed by atoms with van der Waals surface area (Å²) in [6, 6.07) is 0. The Morgan fingerprint density at radius 2 is 1.33 bits per heavy atom. The van der Waals surface area contributed by atoms with Crippen molar-refractivity contribution in [2.24, 2.45) is 0 Å². The summed E-state index contributed by atoms with van der Waals surface area (Å²) >= 11 is 9.53. The van der Waals surface area contributed by atoms with E-state index in [1.54, 1.807) is 0 Å². The van der Waals surface area contributed by atoms with Crippen LogP contribution in [0.5, 0.6) is 0 Å². The molecule has 1 saturated heterocycles. The summed E-state index contributed by atoms with van der Waals surface area (Å²) in [6.07, 6.45) is 2.31. The Kier molecular flexibility index (Phi) is 8.97. The van der Waals surface area contributed by atoms with Crippen molar-refractivity contribution in [2.75, 3.05) is 18.6 Å². The van der Waals surface area contributed by atoms with E-state index >= 15 is 0 Å². The SMILES string of the molecule is C1CCOOC1.ClCCl. The lowest BCUT2D eigenvalue weighted by molar-refractivity contribution is -0.312. The van der Waals surface area contributed by atoms with Gasteiger partial charge in [-0.2, -0.15) is 0 Å². The van der Waals surface area contributed by atoms with Gasteiger partial charge in [-0.3, -0.25) is 0 Å². The molecule has 2 nitrogen and oxygen atoms in total. The van der Waals surface area contributed by atoms with E-state index in [4.69, 9.17) is 23.2 Å². The van der Waals surface area contributed by atoms with E-state index in [2.05, 4.69) is 9.78 Å². The van der Waals surface area contributed by atoms with E-state index < -0.39 is 0 Å². The summed E-state index contributed by atoms with van der Waals surface area (Å²) in [7, 11) is 0. The maximum Gasteiger partial charge on any atom is 0.0967 e. The molecule has 1 rings (SSSR count). The van der Waals surface area contributed by atoms with Crippen molar-refractivity contribution in [1.82, 2.24) is 0 Å². The third kappa shape index (κ3) is 8.50. The summed E-state index contributed by atoms with van der Waals surface area (Å²) < 4.78 is 0. The molecule has 0 radical (unpaired) electrons. The maximum atomic E-state index is 4.76. The Morgan fingerprint density at radius 3 is 1.44 bits per heavy atom. The molecule has 0 saturated carbocycles. The normalized spacial score (nSPS) is 18.0. The Morgan fingerprint density at radius 1 is 1.00 bits per heavy atom. The fraction of sp³-hybridized carbons (Fsp3) is 1.00. The lowest BCUT2D eigenvalue weighted by Gasteiger charge is -2.07. The number of hydrogen-bond acceptors (Lipinski definition) is 2. The molecular weight excluding hydrogens is 163 g/mol. The molecular formula is C5H10Cl2O2. The summed E-state index contributed by atoms with van der Waals surface area (Å²) in [4.78, 5) is 9.14. The second kappa shape index (κ2) is 8.50. The third-order valence-corrected chi connectivity index (χ3v) is 0.789. The van der Waals surface area contributed by atoms with Crippen LogP contribution in [0, 0.1) is 0 Å². The van der Waals surface area contributed by atoms with Gasteiger partial charge >= 0.3 is 0 Å². The average Bonchev–Trinajstić information content (AvgIpc) is 1.93. The van der Waals surface area contributed by atoms with E-state index in [0.29, 0.717) is 0 Å². The highest BCUT2D eigenvalue weighted by molar-refractivity contribution is 6.40. The van der Waals surface area contributed by atoms with Gasteiger partial charge in [0, 0.05) is 0 Å².